The van der Waals surface area contributed by atoms with Gasteiger partial charge in [0.1, 0.15) is 5.82 Å². The second kappa shape index (κ2) is 8.01. The fraction of sp³-hybridized carbons (Fsp3) is 0.150. The Kier molecular flexibility index (Phi) is 5.24. The summed E-state index contributed by atoms with van der Waals surface area (Å²) in [6.07, 6.45) is -1.50. The van der Waals surface area contributed by atoms with Crippen molar-refractivity contribution in [2.75, 3.05) is 10.6 Å². The number of rotatable bonds is 5. The number of aryl methyl sites for hydroxylation is 1. The molecular formula is C20H16F3N7O. The van der Waals surface area contributed by atoms with E-state index in [9.17, 15) is 18.0 Å². The lowest BCUT2D eigenvalue weighted by Gasteiger charge is -2.10. The number of carbonyl (C=O) groups excluding carboxylic acids is 1. The van der Waals surface area contributed by atoms with Crippen molar-refractivity contribution >= 4 is 23.2 Å². The molecule has 0 saturated carbocycles. The van der Waals surface area contributed by atoms with Gasteiger partial charge in [0.2, 0.25) is 0 Å². The summed E-state index contributed by atoms with van der Waals surface area (Å²) in [5.41, 5.74) is 2.42. The predicted molar refractivity (Wildman–Crippen MR) is 106 cm³/mol. The number of pyridine rings is 1. The highest BCUT2D eigenvalue weighted by Crippen LogP contribution is 2.27. The first-order chi connectivity index (χ1) is 14.8. The molecule has 0 fully saturated rings. The van der Waals surface area contributed by atoms with E-state index >= 15 is 0 Å². The molecule has 0 aliphatic heterocycles. The van der Waals surface area contributed by atoms with E-state index in [1.165, 1.54) is 0 Å². The molecule has 158 valence electrons. The van der Waals surface area contributed by atoms with Gasteiger partial charge in [-0.05, 0) is 36.8 Å². The zero-order valence-corrected chi connectivity index (χ0v) is 16.2. The summed E-state index contributed by atoms with van der Waals surface area (Å²) in [5.74, 6) is -1.33. The third-order valence-corrected chi connectivity index (χ3v) is 4.32. The normalized spacial score (nSPS) is 11.5. The van der Waals surface area contributed by atoms with Gasteiger partial charge in [-0.15, -0.1) is 5.10 Å². The van der Waals surface area contributed by atoms with Gasteiger partial charge in [-0.3, -0.25) is 9.78 Å². The molecule has 1 amide bonds. The number of carbonyl (C=O) groups is 1. The molecule has 8 nitrogen and oxygen atoms in total. The predicted octanol–water partition coefficient (Wildman–Crippen LogP) is 3.71. The summed E-state index contributed by atoms with van der Waals surface area (Å²) in [6.45, 7) is 1.95. The lowest BCUT2D eigenvalue weighted by atomic mass is 10.1. The standard InChI is InChI=1S/C20H16F3N7O/c1-12-10-16(30-19(26-12)28-18(29-30)20(21,22)23)25-11-13-2-4-14(5-3-13)17(31)27-15-6-8-24-9-7-15/h2-10,25H,11H2,1H3,(H,24,27,31). The van der Waals surface area contributed by atoms with E-state index in [-0.39, 0.29) is 11.7 Å². The number of benzene rings is 1. The Balaban J connectivity index is 1.47. The third kappa shape index (κ3) is 4.60. The van der Waals surface area contributed by atoms with Crippen molar-refractivity contribution in [3.8, 4) is 0 Å². The number of aromatic nitrogens is 5. The number of halogens is 3. The minimum absolute atomic E-state index is 0.141. The smallest absolute Gasteiger partial charge is 0.366 e. The maximum absolute atomic E-state index is 12.9. The number of amides is 1. The molecule has 0 aliphatic rings. The molecule has 4 rings (SSSR count). The van der Waals surface area contributed by atoms with Crippen molar-refractivity contribution in [1.29, 1.82) is 0 Å². The quantitative estimate of drug-likeness (QED) is 0.504. The summed E-state index contributed by atoms with van der Waals surface area (Å²) in [7, 11) is 0. The van der Waals surface area contributed by atoms with Gasteiger partial charge in [-0.25, -0.2) is 4.98 Å². The van der Waals surface area contributed by atoms with Gasteiger partial charge in [0.05, 0.1) is 0 Å². The van der Waals surface area contributed by atoms with E-state index in [0.29, 0.717) is 29.3 Å². The van der Waals surface area contributed by atoms with E-state index in [0.717, 1.165) is 10.1 Å². The number of alkyl halides is 3. The van der Waals surface area contributed by atoms with Gasteiger partial charge in [-0.1, -0.05) is 12.1 Å². The Morgan fingerprint density at radius 3 is 2.45 bits per heavy atom. The topological polar surface area (TPSA) is 97.1 Å². The maximum Gasteiger partial charge on any atom is 0.453 e. The van der Waals surface area contributed by atoms with Gasteiger partial charge in [0.15, 0.2) is 0 Å². The Morgan fingerprint density at radius 2 is 1.77 bits per heavy atom. The van der Waals surface area contributed by atoms with Crippen LogP contribution in [0.3, 0.4) is 0 Å². The zero-order valence-electron chi connectivity index (χ0n) is 16.2. The van der Waals surface area contributed by atoms with Gasteiger partial charge >= 0.3 is 6.18 Å². The summed E-state index contributed by atoms with van der Waals surface area (Å²) in [4.78, 5) is 23.6. The van der Waals surface area contributed by atoms with Gasteiger partial charge in [-0.2, -0.15) is 22.7 Å². The first kappa shape index (κ1) is 20.3. The fourth-order valence-electron chi connectivity index (χ4n) is 2.84. The highest BCUT2D eigenvalue weighted by molar-refractivity contribution is 6.04. The number of hydrogen-bond donors (Lipinski definition) is 2. The number of fused-ring (bicyclic) bond motifs is 1. The highest BCUT2D eigenvalue weighted by Gasteiger charge is 2.36. The molecule has 31 heavy (non-hydrogen) atoms. The SMILES string of the molecule is Cc1cc(NCc2ccc(C(=O)Nc3ccncc3)cc2)n2nc(C(F)(F)F)nc2n1. The molecule has 1 aromatic carbocycles. The average molecular weight is 427 g/mol. The van der Waals surface area contributed by atoms with Crippen LogP contribution in [-0.2, 0) is 12.7 Å². The Hall–Kier alpha value is -4.02. The first-order valence-corrected chi connectivity index (χ1v) is 9.15. The molecule has 0 spiro atoms. The highest BCUT2D eigenvalue weighted by atomic mass is 19.4. The summed E-state index contributed by atoms with van der Waals surface area (Å²) < 4.78 is 39.8. The fourth-order valence-corrected chi connectivity index (χ4v) is 2.84. The van der Waals surface area contributed by atoms with Crippen molar-refractivity contribution in [3.63, 3.8) is 0 Å². The molecule has 3 aromatic heterocycles. The minimum Gasteiger partial charge on any atom is -0.366 e. The summed E-state index contributed by atoms with van der Waals surface area (Å²) >= 11 is 0. The number of nitrogens with one attached hydrogen (secondary N) is 2. The van der Waals surface area contributed by atoms with Crippen LogP contribution in [0.1, 0.15) is 27.4 Å². The molecule has 0 radical (unpaired) electrons. The Labute approximate surface area is 174 Å². The van der Waals surface area contributed by atoms with Crippen LogP contribution in [0.4, 0.5) is 24.7 Å². The largest absolute Gasteiger partial charge is 0.453 e. The zero-order chi connectivity index (χ0) is 22.0. The lowest BCUT2D eigenvalue weighted by Crippen LogP contribution is -2.12. The third-order valence-electron chi connectivity index (χ3n) is 4.32. The van der Waals surface area contributed by atoms with Gasteiger partial charge < -0.3 is 10.6 Å². The van der Waals surface area contributed by atoms with Crippen LogP contribution in [0.25, 0.3) is 5.78 Å². The van der Waals surface area contributed by atoms with Crippen molar-refractivity contribution in [3.05, 3.63) is 77.5 Å². The molecular weight excluding hydrogens is 411 g/mol. The summed E-state index contributed by atoms with van der Waals surface area (Å²) in [6, 6.07) is 11.8. The van der Waals surface area contributed by atoms with Crippen molar-refractivity contribution in [2.24, 2.45) is 0 Å². The van der Waals surface area contributed by atoms with Crippen LogP contribution in [0.5, 0.6) is 0 Å². The minimum atomic E-state index is -4.66. The van der Waals surface area contributed by atoms with E-state index in [2.05, 4.69) is 30.7 Å². The van der Waals surface area contributed by atoms with Crippen LogP contribution in [0, 0.1) is 6.92 Å². The molecule has 0 saturated heterocycles. The molecule has 11 heteroatoms. The molecule has 0 unspecified atom stereocenters. The van der Waals surface area contributed by atoms with Crippen molar-refractivity contribution < 1.29 is 18.0 Å². The van der Waals surface area contributed by atoms with E-state index < -0.39 is 12.0 Å². The molecule has 0 atom stereocenters. The van der Waals surface area contributed by atoms with Gasteiger partial charge in [0.25, 0.3) is 17.5 Å². The maximum atomic E-state index is 12.9. The first-order valence-electron chi connectivity index (χ1n) is 9.15. The Bertz CT molecular complexity index is 1220. The van der Waals surface area contributed by atoms with Gasteiger partial charge in [0, 0.05) is 41.9 Å². The number of nitrogens with zero attached hydrogens (tertiary/aromatic N) is 5. The van der Waals surface area contributed by atoms with Crippen LogP contribution in [0.15, 0.2) is 54.9 Å². The van der Waals surface area contributed by atoms with Crippen LogP contribution in [0.2, 0.25) is 0 Å². The number of hydrogen-bond acceptors (Lipinski definition) is 6. The van der Waals surface area contributed by atoms with E-state index in [1.54, 1.807) is 61.8 Å². The van der Waals surface area contributed by atoms with Crippen LogP contribution in [-0.4, -0.2) is 30.5 Å². The second-order valence-electron chi connectivity index (χ2n) is 6.67. The van der Waals surface area contributed by atoms with Crippen LogP contribution < -0.4 is 10.6 Å². The lowest BCUT2D eigenvalue weighted by molar-refractivity contribution is -0.144. The Morgan fingerprint density at radius 1 is 1.06 bits per heavy atom. The van der Waals surface area contributed by atoms with Crippen LogP contribution >= 0.6 is 0 Å². The van der Waals surface area contributed by atoms with Crippen molar-refractivity contribution in [2.45, 2.75) is 19.6 Å². The monoisotopic (exact) mass is 427 g/mol. The molecule has 2 N–H and O–H groups in total. The molecule has 0 aliphatic carbocycles. The van der Waals surface area contributed by atoms with E-state index in [4.69, 9.17) is 0 Å². The number of anilines is 2. The van der Waals surface area contributed by atoms with Crippen molar-refractivity contribution in [1.82, 2.24) is 24.6 Å². The average Bonchev–Trinajstić information content (AvgIpc) is 3.18. The molecule has 4 aromatic rings. The molecule has 3 heterocycles. The molecule has 0 bridgehead atoms. The second-order valence-corrected chi connectivity index (χ2v) is 6.67. The summed E-state index contributed by atoms with van der Waals surface area (Å²) in [5, 5.41) is 9.32. The van der Waals surface area contributed by atoms with E-state index in [1.807, 2.05) is 0 Å².